The van der Waals surface area contributed by atoms with Crippen molar-refractivity contribution in [3.8, 4) is 5.75 Å². The van der Waals surface area contributed by atoms with E-state index in [4.69, 9.17) is 9.84 Å². The zero-order valence-corrected chi connectivity index (χ0v) is 10.5. The van der Waals surface area contributed by atoms with Crippen LogP contribution in [0.1, 0.15) is 11.1 Å². The van der Waals surface area contributed by atoms with Gasteiger partial charge in [0.05, 0.1) is 12.8 Å². The summed E-state index contributed by atoms with van der Waals surface area (Å²) >= 11 is 0. The van der Waals surface area contributed by atoms with Crippen LogP contribution in [0.15, 0.2) is 24.3 Å². The number of carbonyl (C=O) groups excluding carboxylic acids is 1. The van der Waals surface area contributed by atoms with Crippen molar-refractivity contribution in [1.82, 2.24) is 0 Å². The average Bonchev–Trinajstić information content (AvgIpc) is 2.26. The molecule has 0 atom stereocenters. The molecule has 96 valence electrons. The third-order valence-corrected chi connectivity index (χ3v) is 2.26. The molecule has 5 nitrogen and oxygen atoms in total. The Morgan fingerprint density at radius 2 is 1.94 bits per heavy atom. The van der Waals surface area contributed by atoms with Crippen LogP contribution in [0.25, 0.3) is 0 Å². The van der Waals surface area contributed by atoms with Crippen molar-refractivity contribution in [2.24, 2.45) is 0 Å². The van der Waals surface area contributed by atoms with Gasteiger partial charge in [-0.2, -0.15) is 0 Å². The average molecular weight is 249 g/mol. The Morgan fingerprint density at radius 1 is 1.28 bits per heavy atom. The second-order valence-electron chi connectivity index (χ2n) is 3.82. The van der Waals surface area contributed by atoms with Gasteiger partial charge in [-0.15, -0.1) is 0 Å². The number of ether oxygens (including phenoxy) is 1. The molecule has 0 aliphatic rings. The molecule has 0 unspecified atom stereocenters. The van der Waals surface area contributed by atoms with Crippen LogP contribution >= 0.6 is 0 Å². The minimum Gasteiger partial charge on any atom is -0.494 e. The van der Waals surface area contributed by atoms with Crippen LogP contribution in [0.2, 0.25) is 0 Å². The Morgan fingerprint density at radius 3 is 2.50 bits per heavy atom. The summed E-state index contributed by atoms with van der Waals surface area (Å²) in [4.78, 5) is 21.8. The SMILES string of the molecule is COc1c(C)cc(C)cc1NC(=O)/C=C/C(=O)O. The highest BCUT2D eigenvalue weighted by atomic mass is 16.5. The summed E-state index contributed by atoms with van der Waals surface area (Å²) in [6.07, 6.45) is 1.74. The van der Waals surface area contributed by atoms with Gasteiger partial charge in [-0.1, -0.05) is 6.07 Å². The summed E-state index contributed by atoms with van der Waals surface area (Å²) in [5.74, 6) is -1.11. The molecule has 0 radical (unpaired) electrons. The molecule has 0 spiro atoms. The maximum absolute atomic E-state index is 11.5. The van der Waals surface area contributed by atoms with Crippen LogP contribution in [-0.4, -0.2) is 24.1 Å². The predicted molar refractivity (Wildman–Crippen MR) is 67.9 cm³/mol. The summed E-state index contributed by atoms with van der Waals surface area (Å²) in [5, 5.41) is 11.0. The highest BCUT2D eigenvalue weighted by molar-refractivity contribution is 6.03. The topological polar surface area (TPSA) is 75.6 Å². The van der Waals surface area contributed by atoms with Gasteiger partial charge in [0, 0.05) is 12.2 Å². The second-order valence-corrected chi connectivity index (χ2v) is 3.82. The fourth-order valence-electron chi connectivity index (χ4n) is 1.64. The Labute approximate surface area is 105 Å². The quantitative estimate of drug-likeness (QED) is 0.799. The number of carbonyl (C=O) groups is 2. The van der Waals surface area contributed by atoms with Gasteiger partial charge in [0.25, 0.3) is 0 Å². The number of anilines is 1. The van der Waals surface area contributed by atoms with Gasteiger partial charge in [0.1, 0.15) is 5.75 Å². The van der Waals surface area contributed by atoms with Crippen molar-refractivity contribution in [3.63, 3.8) is 0 Å². The van der Waals surface area contributed by atoms with Gasteiger partial charge < -0.3 is 15.2 Å². The lowest BCUT2D eigenvalue weighted by Crippen LogP contribution is -2.10. The molecule has 0 aliphatic carbocycles. The number of carboxylic acid groups (broad SMARTS) is 1. The van der Waals surface area contributed by atoms with E-state index < -0.39 is 11.9 Å². The molecule has 1 rings (SSSR count). The first-order chi connectivity index (χ1) is 8.43. The van der Waals surface area contributed by atoms with Gasteiger partial charge in [-0.25, -0.2) is 4.79 Å². The van der Waals surface area contributed by atoms with Gasteiger partial charge in [0.15, 0.2) is 0 Å². The molecule has 5 heteroatoms. The summed E-state index contributed by atoms with van der Waals surface area (Å²) in [5.41, 5.74) is 2.40. The van der Waals surface area contributed by atoms with Crippen LogP contribution in [-0.2, 0) is 9.59 Å². The molecule has 1 amide bonds. The smallest absolute Gasteiger partial charge is 0.328 e. The van der Waals surface area contributed by atoms with Crippen LogP contribution in [0, 0.1) is 13.8 Å². The third-order valence-electron chi connectivity index (χ3n) is 2.26. The molecule has 1 aromatic carbocycles. The fraction of sp³-hybridized carbons (Fsp3) is 0.231. The van der Waals surface area contributed by atoms with Gasteiger partial charge in [-0.3, -0.25) is 4.79 Å². The summed E-state index contributed by atoms with van der Waals surface area (Å²) in [6, 6.07) is 3.69. The monoisotopic (exact) mass is 249 g/mol. The Bertz CT molecular complexity index is 506. The molecule has 0 fully saturated rings. The van der Waals surface area contributed by atoms with E-state index >= 15 is 0 Å². The first kappa shape index (κ1) is 13.8. The van der Waals surface area contributed by atoms with Gasteiger partial charge in [0.2, 0.25) is 5.91 Å². The molecule has 2 N–H and O–H groups in total. The highest BCUT2D eigenvalue weighted by Crippen LogP contribution is 2.29. The Kier molecular flexibility index (Phi) is 4.48. The fourth-order valence-corrected chi connectivity index (χ4v) is 1.64. The molecular weight excluding hydrogens is 234 g/mol. The van der Waals surface area contributed by atoms with E-state index in [1.54, 1.807) is 6.07 Å². The number of nitrogens with one attached hydrogen (secondary N) is 1. The van der Waals surface area contributed by atoms with Crippen LogP contribution < -0.4 is 10.1 Å². The van der Waals surface area contributed by atoms with Crippen molar-refractivity contribution in [2.45, 2.75) is 13.8 Å². The second kappa shape index (κ2) is 5.86. The standard InChI is InChI=1S/C13H15NO4/c1-8-6-9(2)13(18-3)10(7-8)14-11(15)4-5-12(16)17/h4-7H,1-3H3,(H,14,15)(H,16,17)/b5-4+. The van der Waals surface area contributed by atoms with E-state index in [1.165, 1.54) is 7.11 Å². The van der Waals surface area contributed by atoms with E-state index in [0.29, 0.717) is 11.4 Å². The van der Waals surface area contributed by atoms with E-state index in [0.717, 1.165) is 23.3 Å². The number of amides is 1. The molecule has 0 aliphatic heterocycles. The number of aryl methyl sites for hydroxylation is 2. The minimum atomic E-state index is -1.17. The highest BCUT2D eigenvalue weighted by Gasteiger charge is 2.09. The molecule has 18 heavy (non-hydrogen) atoms. The minimum absolute atomic E-state index is 0.513. The van der Waals surface area contributed by atoms with E-state index in [1.807, 2.05) is 19.9 Å². The first-order valence-electron chi connectivity index (χ1n) is 5.31. The summed E-state index contributed by atoms with van der Waals surface area (Å²) in [6.45, 7) is 3.77. The Hall–Kier alpha value is -2.30. The molecule has 0 saturated carbocycles. The number of hydrogen-bond acceptors (Lipinski definition) is 3. The molecule has 0 aromatic heterocycles. The number of benzene rings is 1. The number of hydrogen-bond donors (Lipinski definition) is 2. The van der Waals surface area contributed by atoms with Gasteiger partial charge in [-0.05, 0) is 31.0 Å². The largest absolute Gasteiger partial charge is 0.494 e. The normalized spacial score (nSPS) is 10.4. The predicted octanol–water partition coefficient (Wildman–Crippen LogP) is 1.89. The van der Waals surface area contributed by atoms with E-state index in [-0.39, 0.29) is 0 Å². The van der Waals surface area contributed by atoms with Crippen molar-refractivity contribution in [2.75, 3.05) is 12.4 Å². The number of rotatable bonds is 4. The lowest BCUT2D eigenvalue weighted by molar-refractivity contribution is -0.131. The zero-order valence-electron chi connectivity index (χ0n) is 10.5. The molecule has 1 aromatic rings. The number of carboxylic acids is 1. The summed E-state index contributed by atoms with van der Waals surface area (Å²) < 4.78 is 5.20. The molecule has 0 bridgehead atoms. The molecule has 0 heterocycles. The number of aliphatic carboxylic acids is 1. The van der Waals surface area contributed by atoms with Crippen LogP contribution in [0.3, 0.4) is 0 Å². The van der Waals surface area contributed by atoms with Gasteiger partial charge >= 0.3 is 5.97 Å². The Balaban J connectivity index is 2.96. The van der Waals surface area contributed by atoms with E-state index in [9.17, 15) is 9.59 Å². The van der Waals surface area contributed by atoms with Crippen molar-refractivity contribution in [3.05, 3.63) is 35.4 Å². The van der Waals surface area contributed by atoms with Crippen LogP contribution in [0.5, 0.6) is 5.75 Å². The van der Waals surface area contributed by atoms with Crippen molar-refractivity contribution in [1.29, 1.82) is 0 Å². The van der Waals surface area contributed by atoms with E-state index in [2.05, 4.69) is 5.32 Å². The molecular formula is C13H15NO4. The maximum atomic E-state index is 11.5. The molecule has 0 saturated heterocycles. The first-order valence-corrected chi connectivity index (χ1v) is 5.31. The van der Waals surface area contributed by atoms with Crippen LogP contribution in [0.4, 0.5) is 5.69 Å². The maximum Gasteiger partial charge on any atom is 0.328 e. The van der Waals surface area contributed by atoms with Crippen molar-refractivity contribution < 1.29 is 19.4 Å². The zero-order chi connectivity index (χ0) is 13.7. The summed E-state index contributed by atoms with van der Waals surface area (Å²) in [7, 11) is 1.51. The lowest BCUT2D eigenvalue weighted by Gasteiger charge is -2.12. The van der Waals surface area contributed by atoms with Crippen molar-refractivity contribution >= 4 is 17.6 Å². The number of methoxy groups -OCH3 is 1. The third kappa shape index (κ3) is 3.62. The lowest BCUT2D eigenvalue weighted by atomic mass is 10.1.